The highest BCUT2D eigenvalue weighted by atomic mass is 35.5. The van der Waals surface area contributed by atoms with Gasteiger partial charge in [-0.2, -0.15) is 4.31 Å². The number of thiophene rings is 1. The Morgan fingerprint density at radius 2 is 1.77 bits per heavy atom. The number of carbonyl (C=O) groups excluding carboxylic acids is 1. The van der Waals surface area contributed by atoms with Crippen LogP contribution in [0.4, 0.5) is 5.13 Å². The van der Waals surface area contributed by atoms with Gasteiger partial charge in [0.05, 0.1) is 13.9 Å². The number of benzene rings is 1. The molecule has 2 saturated heterocycles. The number of hydrogen-bond acceptors (Lipinski definition) is 9. The summed E-state index contributed by atoms with van der Waals surface area (Å²) in [5.41, 5.74) is 0.467. The molecule has 5 rings (SSSR count). The summed E-state index contributed by atoms with van der Waals surface area (Å²) in [4.78, 5) is 21.9. The number of nitrogens with zero attached hydrogens (tertiary/aromatic N) is 4. The number of hydrogen-bond donors (Lipinski definition) is 0. The molecule has 3 aromatic rings. The molecule has 2 aliphatic heterocycles. The molecule has 0 aliphatic carbocycles. The minimum atomic E-state index is -3.78. The largest absolute Gasteiger partial charge is 0.345 e. The molecule has 1 atom stereocenters. The summed E-state index contributed by atoms with van der Waals surface area (Å²) in [6, 6.07) is 7.43. The van der Waals surface area contributed by atoms with Crippen molar-refractivity contribution in [3.63, 3.8) is 0 Å². The number of sulfone groups is 1. The first kappa shape index (κ1) is 24.9. The molecule has 1 amide bonds. The normalized spacial score (nSPS) is 20.1. The maximum Gasteiger partial charge on any atom is 0.253 e. The lowest BCUT2D eigenvalue weighted by molar-refractivity contribution is -0.134. The number of carbonyl (C=O) groups is 1. The predicted molar refractivity (Wildman–Crippen MR) is 138 cm³/mol. The number of rotatable bonds is 5. The predicted octanol–water partition coefficient (Wildman–Crippen LogP) is 2.92. The van der Waals surface area contributed by atoms with Crippen molar-refractivity contribution >= 4 is 75.4 Å². The number of anilines is 1. The average Bonchev–Trinajstić information content (AvgIpc) is 3.57. The number of fused-ring (bicyclic) bond motifs is 1. The molecule has 2 fully saturated rings. The molecule has 4 heterocycles. The third-order valence-electron chi connectivity index (χ3n) is 6.23. The lowest BCUT2D eigenvalue weighted by Gasteiger charge is -2.37. The zero-order valence-corrected chi connectivity index (χ0v) is 22.8. The molecule has 14 heteroatoms. The number of aromatic nitrogens is 1. The zero-order valence-electron chi connectivity index (χ0n) is 18.8. The van der Waals surface area contributed by atoms with E-state index in [-0.39, 0.29) is 15.0 Å². The average molecular weight is 575 g/mol. The molecule has 0 saturated carbocycles. The Bertz CT molecular complexity index is 1490. The fourth-order valence-corrected chi connectivity index (χ4v) is 9.71. The molecule has 0 bridgehead atoms. The van der Waals surface area contributed by atoms with Crippen LogP contribution >= 0.6 is 34.3 Å². The van der Waals surface area contributed by atoms with Crippen LogP contribution in [-0.4, -0.2) is 82.0 Å². The second-order valence-corrected chi connectivity index (χ2v) is 15.3. The van der Waals surface area contributed by atoms with Gasteiger partial charge < -0.3 is 9.80 Å². The summed E-state index contributed by atoms with van der Waals surface area (Å²) in [5, 5.41) is 0.711. The minimum Gasteiger partial charge on any atom is -0.345 e. The molecule has 35 heavy (non-hydrogen) atoms. The first-order chi connectivity index (χ1) is 16.6. The Labute approximate surface area is 216 Å². The standard InChI is InChI=1S/C21H23ClN4O5S4/c1-34(28,29)16-6-2-5-15-19(16)23-21(32-15)25-12-10-24(11-13-25)20(27)14-4-3-9-26(14)35(30,31)18-8-7-17(22)33-18/h2,5-8,14H,3-4,9-13H2,1H3. The molecular weight excluding hydrogens is 552 g/mol. The lowest BCUT2D eigenvalue weighted by atomic mass is 10.2. The zero-order chi connectivity index (χ0) is 25.0. The molecular formula is C21H23ClN4O5S4. The first-order valence-electron chi connectivity index (χ1n) is 11.0. The summed E-state index contributed by atoms with van der Waals surface area (Å²) in [5.74, 6) is -0.183. The van der Waals surface area contributed by atoms with Gasteiger partial charge in [-0.15, -0.1) is 11.3 Å². The van der Waals surface area contributed by atoms with Gasteiger partial charge in [-0.1, -0.05) is 29.0 Å². The van der Waals surface area contributed by atoms with Crippen molar-refractivity contribution in [3.05, 3.63) is 34.7 Å². The number of para-hydroxylation sites is 1. The van der Waals surface area contributed by atoms with Crippen molar-refractivity contribution in [1.29, 1.82) is 0 Å². The molecule has 2 aromatic heterocycles. The molecule has 2 aliphatic rings. The maximum atomic E-state index is 13.3. The SMILES string of the molecule is CS(=O)(=O)c1cccc2sc(N3CCN(C(=O)C4CCCN4S(=O)(=O)c4ccc(Cl)s4)CC3)nc12. The Morgan fingerprint density at radius 1 is 1.03 bits per heavy atom. The molecule has 0 radical (unpaired) electrons. The van der Waals surface area contributed by atoms with E-state index in [1.54, 1.807) is 23.1 Å². The van der Waals surface area contributed by atoms with Crippen LogP contribution < -0.4 is 4.90 Å². The van der Waals surface area contributed by atoms with E-state index in [9.17, 15) is 21.6 Å². The first-order valence-corrected chi connectivity index (χ1v) is 16.3. The van der Waals surface area contributed by atoms with Crippen LogP contribution in [0.1, 0.15) is 12.8 Å². The Balaban J connectivity index is 1.29. The highest BCUT2D eigenvalue weighted by Crippen LogP contribution is 2.35. The molecule has 0 spiro atoms. The smallest absolute Gasteiger partial charge is 0.253 e. The highest BCUT2D eigenvalue weighted by molar-refractivity contribution is 7.91. The van der Waals surface area contributed by atoms with Crippen LogP contribution in [0.25, 0.3) is 10.2 Å². The number of amides is 1. The van der Waals surface area contributed by atoms with E-state index in [0.717, 1.165) is 16.0 Å². The molecule has 9 nitrogen and oxygen atoms in total. The van der Waals surface area contributed by atoms with Crippen molar-refractivity contribution in [2.75, 3.05) is 43.9 Å². The van der Waals surface area contributed by atoms with Gasteiger partial charge in [-0.3, -0.25) is 4.79 Å². The van der Waals surface area contributed by atoms with E-state index in [1.807, 2.05) is 11.0 Å². The highest BCUT2D eigenvalue weighted by Gasteiger charge is 2.42. The number of piperazine rings is 1. The molecule has 188 valence electrons. The van der Waals surface area contributed by atoms with Crippen molar-refractivity contribution < 1.29 is 21.6 Å². The Kier molecular flexibility index (Phi) is 6.60. The lowest BCUT2D eigenvalue weighted by Crippen LogP contribution is -2.54. The summed E-state index contributed by atoms with van der Waals surface area (Å²) in [6.07, 6.45) is 2.29. The van der Waals surface area contributed by atoms with E-state index >= 15 is 0 Å². The molecule has 0 N–H and O–H groups in total. The monoisotopic (exact) mass is 574 g/mol. The van der Waals surface area contributed by atoms with Gasteiger partial charge in [0.15, 0.2) is 15.0 Å². The summed E-state index contributed by atoms with van der Waals surface area (Å²) < 4.78 is 53.1. The quantitative estimate of drug-likeness (QED) is 0.461. The van der Waals surface area contributed by atoms with Gasteiger partial charge in [-0.05, 0) is 37.1 Å². The van der Waals surface area contributed by atoms with Gasteiger partial charge in [0.25, 0.3) is 10.0 Å². The van der Waals surface area contributed by atoms with Crippen LogP contribution in [0.5, 0.6) is 0 Å². The van der Waals surface area contributed by atoms with Gasteiger partial charge in [-0.25, -0.2) is 21.8 Å². The van der Waals surface area contributed by atoms with Crippen molar-refractivity contribution in [3.8, 4) is 0 Å². The van der Waals surface area contributed by atoms with Crippen LogP contribution in [0.2, 0.25) is 4.34 Å². The van der Waals surface area contributed by atoms with E-state index in [1.165, 1.54) is 28.0 Å². The number of thiazole rings is 1. The van der Waals surface area contributed by atoms with Crippen LogP contribution in [-0.2, 0) is 24.7 Å². The number of sulfonamides is 1. The van der Waals surface area contributed by atoms with Gasteiger partial charge >= 0.3 is 0 Å². The van der Waals surface area contributed by atoms with Crippen molar-refractivity contribution in [2.24, 2.45) is 0 Å². The minimum absolute atomic E-state index is 0.149. The summed E-state index contributed by atoms with van der Waals surface area (Å²) >= 11 is 8.35. The van der Waals surface area contributed by atoms with Gasteiger partial charge in [0.1, 0.15) is 15.8 Å². The third-order valence-corrected chi connectivity index (χ3v) is 12.0. The van der Waals surface area contributed by atoms with Crippen LogP contribution in [0.3, 0.4) is 0 Å². The Morgan fingerprint density at radius 3 is 2.43 bits per heavy atom. The second-order valence-electron chi connectivity index (χ2n) is 8.52. The number of halogens is 1. The summed E-state index contributed by atoms with van der Waals surface area (Å²) in [7, 11) is -7.18. The van der Waals surface area contributed by atoms with Gasteiger partial charge in [0, 0.05) is 39.0 Å². The maximum absolute atomic E-state index is 13.3. The van der Waals surface area contributed by atoms with Crippen LogP contribution in [0.15, 0.2) is 39.4 Å². The summed E-state index contributed by atoms with van der Waals surface area (Å²) in [6.45, 7) is 2.23. The third kappa shape index (κ3) is 4.69. The van der Waals surface area contributed by atoms with E-state index in [0.29, 0.717) is 60.6 Å². The fourth-order valence-electron chi connectivity index (χ4n) is 4.50. The Hall–Kier alpha value is -1.77. The van der Waals surface area contributed by atoms with E-state index in [2.05, 4.69) is 4.98 Å². The van der Waals surface area contributed by atoms with Crippen LogP contribution in [0, 0.1) is 0 Å². The topological polar surface area (TPSA) is 108 Å². The molecule has 1 unspecified atom stereocenters. The van der Waals surface area contributed by atoms with E-state index in [4.69, 9.17) is 11.6 Å². The molecule has 1 aromatic carbocycles. The second kappa shape index (κ2) is 9.27. The van der Waals surface area contributed by atoms with Gasteiger partial charge in [0.2, 0.25) is 5.91 Å². The van der Waals surface area contributed by atoms with E-state index < -0.39 is 25.9 Å². The fraction of sp³-hybridized carbons (Fsp3) is 0.429. The van der Waals surface area contributed by atoms with Crippen molar-refractivity contribution in [1.82, 2.24) is 14.2 Å². The van der Waals surface area contributed by atoms with Crippen molar-refractivity contribution in [2.45, 2.75) is 28.0 Å².